The van der Waals surface area contributed by atoms with E-state index in [1.165, 1.54) is 0 Å². The predicted octanol–water partition coefficient (Wildman–Crippen LogP) is 2.15. The van der Waals surface area contributed by atoms with Crippen LogP contribution in [-0.2, 0) is 24.1 Å². The Kier molecular flexibility index (Phi) is 4.85. The summed E-state index contributed by atoms with van der Waals surface area (Å²) in [5.74, 6) is 1.53. The molecule has 1 N–H and O–H groups in total. The fraction of sp³-hybridized carbons (Fsp3) is 0.625. The highest BCUT2D eigenvalue weighted by molar-refractivity contribution is 5.29. The molecule has 0 aliphatic carbocycles. The maximum Gasteiger partial charge on any atom is 0.243 e. The van der Waals surface area contributed by atoms with Gasteiger partial charge in [0.05, 0.1) is 17.4 Å². The van der Waals surface area contributed by atoms with Crippen molar-refractivity contribution in [2.75, 3.05) is 11.9 Å². The number of hydrogen-bond acceptors (Lipinski definition) is 6. The first-order valence-corrected chi connectivity index (χ1v) is 8.38. The third-order valence-corrected chi connectivity index (χ3v) is 4.26. The van der Waals surface area contributed by atoms with Gasteiger partial charge in [-0.2, -0.15) is 5.10 Å². The van der Waals surface area contributed by atoms with Crippen molar-refractivity contribution in [3.63, 3.8) is 0 Å². The zero-order valence-electron chi connectivity index (χ0n) is 14.0. The summed E-state index contributed by atoms with van der Waals surface area (Å²) in [5.41, 5.74) is 1.98. The van der Waals surface area contributed by atoms with Crippen LogP contribution in [0.1, 0.15) is 50.5 Å². The van der Waals surface area contributed by atoms with Gasteiger partial charge in [-0.25, -0.2) is 9.97 Å². The van der Waals surface area contributed by atoms with E-state index in [0.29, 0.717) is 12.6 Å². The van der Waals surface area contributed by atoms with Crippen molar-refractivity contribution in [2.24, 2.45) is 0 Å². The van der Waals surface area contributed by atoms with Gasteiger partial charge in [-0.1, -0.05) is 13.8 Å². The fourth-order valence-corrected chi connectivity index (χ4v) is 3.00. The average molecular weight is 316 g/mol. The minimum atomic E-state index is -0.0792. The molecule has 2 atom stereocenters. The van der Waals surface area contributed by atoms with Crippen molar-refractivity contribution < 1.29 is 4.74 Å². The van der Waals surface area contributed by atoms with Crippen molar-refractivity contribution >= 4 is 5.95 Å². The summed E-state index contributed by atoms with van der Waals surface area (Å²) < 4.78 is 8.02. The Morgan fingerprint density at radius 3 is 2.78 bits per heavy atom. The summed E-state index contributed by atoms with van der Waals surface area (Å²) >= 11 is 0. The summed E-state index contributed by atoms with van der Waals surface area (Å²) in [5, 5.41) is 11.9. The SMILES string of the molecule is CCc1nnc(N[C@H]2CCO[C@@H]2c2nccn2CC)nc1CC. The second-order valence-corrected chi connectivity index (χ2v) is 5.64. The van der Waals surface area contributed by atoms with E-state index in [9.17, 15) is 0 Å². The number of nitrogens with zero attached hydrogens (tertiary/aromatic N) is 5. The lowest BCUT2D eigenvalue weighted by Crippen LogP contribution is -2.27. The summed E-state index contributed by atoms with van der Waals surface area (Å²) in [4.78, 5) is 9.08. The summed E-state index contributed by atoms with van der Waals surface area (Å²) in [6.07, 6.45) is 6.34. The predicted molar refractivity (Wildman–Crippen MR) is 87.2 cm³/mol. The van der Waals surface area contributed by atoms with Gasteiger partial charge in [0.25, 0.3) is 0 Å². The standard InChI is InChI=1S/C16H24N6O/c1-4-11-12(5-2)20-21-16(18-11)19-13-7-10-23-14(13)15-17-8-9-22(15)6-3/h8-9,13-14H,4-7,10H2,1-3H3,(H,18,19,21)/t13-,14-/m0/s1. The van der Waals surface area contributed by atoms with Gasteiger partial charge in [-0.3, -0.25) is 0 Å². The number of rotatable bonds is 6. The van der Waals surface area contributed by atoms with E-state index < -0.39 is 0 Å². The molecule has 3 rings (SSSR count). The second kappa shape index (κ2) is 7.04. The van der Waals surface area contributed by atoms with Crippen molar-refractivity contribution in [3.8, 4) is 0 Å². The number of nitrogens with one attached hydrogen (secondary N) is 1. The number of anilines is 1. The van der Waals surface area contributed by atoms with E-state index in [1.54, 1.807) is 0 Å². The quantitative estimate of drug-likeness (QED) is 0.880. The van der Waals surface area contributed by atoms with E-state index in [2.05, 4.69) is 50.8 Å². The molecule has 124 valence electrons. The van der Waals surface area contributed by atoms with Gasteiger partial charge in [0, 0.05) is 25.5 Å². The summed E-state index contributed by atoms with van der Waals surface area (Å²) in [6.45, 7) is 7.85. The van der Waals surface area contributed by atoms with Crippen molar-refractivity contribution in [2.45, 2.75) is 58.7 Å². The number of aryl methyl sites for hydroxylation is 3. The molecule has 1 fully saturated rings. The topological polar surface area (TPSA) is 77.8 Å². The van der Waals surface area contributed by atoms with Gasteiger partial charge in [-0.15, -0.1) is 5.10 Å². The van der Waals surface area contributed by atoms with Crippen LogP contribution in [0, 0.1) is 0 Å². The average Bonchev–Trinajstić information content (AvgIpc) is 3.22. The lowest BCUT2D eigenvalue weighted by atomic mass is 10.1. The molecule has 0 unspecified atom stereocenters. The first kappa shape index (κ1) is 15.9. The molecule has 7 nitrogen and oxygen atoms in total. The van der Waals surface area contributed by atoms with Crippen molar-refractivity contribution in [3.05, 3.63) is 29.6 Å². The summed E-state index contributed by atoms with van der Waals surface area (Å²) in [7, 11) is 0. The zero-order valence-corrected chi connectivity index (χ0v) is 14.0. The van der Waals surface area contributed by atoms with Crippen LogP contribution in [0.2, 0.25) is 0 Å². The minimum absolute atomic E-state index is 0.0792. The molecule has 1 aliphatic rings. The molecule has 23 heavy (non-hydrogen) atoms. The van der Waals surface area contributed by atoms with Gasteiger partial charge >= 0.3 is 0 Å². The highest BCUT2D eigenvalue weighted by Crippen LogP contribution is 2.30. The van der Waals surface area contributed by atoms with Crippen LogP contribution < -0.4 is 5.32 Å². The molecule has 1 saturated heterocycles. The van der Waals surface area contributed by atoms with Crippen LogP contribution in [0.4, 0.5) is 5.95 Å². The Balaban J connectivity index is 1.79. The van der Waals surface area contributed by atoms with Crippen molar-refractivity contribution in [1.82, 2.24) is 24.7 Å². The van der Waals surface area contributed by atoms with Crippen molar-refractivity contribution in [1.29, 1.82) is 0 Å². The lowest BCUT2D eigenvalue weighted by molar-refractivity contribution is 0.0975. The van der Waals surface area contributed by atoms with Gasteiger partial charge in [0.1, 0.15) is 11.9 Å². The molecule has 0 saturated carbocycles. The maximum atomic E-state index is 5.90. The zero-order chi connectivity index (χ0) is 16.2. The first-order chi connectivity index (χ1) is 11.3. The number of imidazole rings is 1. The molecule has 0 radical (unpaired) electrons. The van der Waals surface area contributed by atoms with Gasteiger partial charge in [0.15, 0.2) is 0 Å². The van der Waals surface area contributed by atoms with E-state index in [0.717, 1.165) is 43.0 Å². The lowest BCUT2D eigenvalue weighted by Gasteiger charge is -2.20. The van der Waals surface area contributed by atoms with Gasteiger partial charge in [-0.05, 0) is 26.2 Å². The number of hydrogen-bond donors (Lipinski definition) is 1. The molecule has 7 heteroatoms. The Morgan fingerprint density at radius 2 is 2.04 bits per heavy atom. The van der Waals surface area contributed by atoms with Crippen LogP contribution in [0.25, 0.3) is 0 Å². The molecule has 2 aromatic rings. The molecular weight excluding hydrogens is 292 g/mol. The van der Waals surface area contributed by atoms with E-state index in [4.69, 9.17) is 4.74 Å². The first-order valence-electron chi connectivity index (χ1n) is 8.38. The molecule has 0 spiro atoms. The highest BCUT2D eigenvalue weighted by Gasteiger charge is 2.33. The third kappa shape index (κ3) is 3.19. The van der Waals surface area contributed by atoms with Gasteiger partial charge in [0.2, 0.25) is 5.95 Å². The van der Waals surface area contributed by atoms with E-state index >= 15 is 0 Å². The highest BCUT2D eigenvalue weighted by atomic mass is 16.5. The van der Waals surface area contributed by atoms with Crippen LogP contribution >= 0.6 is 0 Å². The molecular formula is C16H24N6O. The minimum Gasteiger partial charge on any atom is -0.368 e. The Bertz CT molecular complexity index is 656. The molecule has 0 amide bonds. The Morgan fingerprint density at radius 1 is 1.22 bits per heavy atom. The maximum absolute atomic E-state index is 5.90. The molecule has 0 aromatic carbocycles. The second-order valence-electron chi connectivity index (χ2n) is 5.64. The number of aromatic nitrogens is 5. The number of ether oxygens (including phenoxy) is 1. The van der Waals surface area contributed by atoms with E-state index in [-0.39, 0.29) is 12.1 Å². The van der Waals surface area contributed by atoms with Crippen LogP contribution in [-0.4, -0.2) is 37.4 Å². The molecule has 1 aliphatic heterocycles. The third-order valence-electron chi connectivity index (χ3n) is 4.26. The monoisotopic (exact) mass is 316 g/mol. The van der Waals surface area contributed by atoms with Crippen LogP contribution in [0.3, 0.4) is 0 Å². The normalized spacial score (nSPS) is 20.8. The van der Waals surface area contributed by atoms with Gasteiger partial charge < -0.3 is 14.6 Å². The van der Waals surface area contributed by atoms with E-state index in [1.807, 2.05) is 12.4 Å². The van der Waals surface area contributed by atoms with Crippen LogP contribution in [0.15, 0.2) is 12.4 Å². The fourth-order valence-electron chi connectivity index (χ4n) is 3.00. The van der Waals surface area contributed by atoms with Crippen LogP contribution in [0.5, 0.6) is 0 Å². The smallest absolute Gasteiger partial charge is 0.243 e. The largest absolute Gasteiger partial charge is 0.368 e. The molecule has 2 aromatic heterocycles. The summed E-state index contributed by atoms with van der Waals surface area (Å²) in [6, 6.07) is 0.113. The Hall–Kier alpha value is -2.02. The molecule has 0 bridgehead atoms. The molecule has 3 heterocycles. The Labute approximate surface area is 136 Å².